The van der Waals surface area contributed by atoms with E-state index in [4.69, 9.17) is 16.7 Å². The van der Waals surface area contributed by atoms with Crippen LogP contribution in [-0.4, -0.2) is 11.6 Å². The van der Waals surface area contributed by atoms with E-state index in [1.807, 2.05) is 19.9 Å². The van der Waals surface area contributed by atoms with Crippen LogP contribution in [0.2, 0.25) is 0 Å². The van der Waals surface area contributed by atoms with Crippen LogP contribution in [0.1, 0.15) is 26.7 Å². The minimum absolute atomic E-state index is 0.0506. The lowest BCUT2D eigenvalue weighted by Gasteiger charge is -2.22. The minimum atomic E-state index is -0.222. The summed E-state index contributed by atoms with van der Waals surface area (Å²) in [7, 11) is 0. The molecule has 0 aromatic carbocycles. The summed E-state index contributed by atoms with van der Waals surface area (Å²) in [5, 5.41) is 8.21. The molecule has 0 radical (unpaired) electrons. The summed E-state index contributed by atoms with van der Waals surface area (Å²) in [6.07, 6.45) is 4.71. The molecule has 0 amide bonds. The zero-order valence-electron chi connectivity index (χ0n) is 7.75. The average molecular weight is 167 g/mol. The first-order valence-electron chi connectivity index (χ1n) is 4.05. The van der Waals surface area contributed by atoms with Crippen molar-refractivity contribution in [2.24, 2.45) is 11.5 Å². The summed E-state index contributed by atoms with van der Waals surface area (Å²) < 4.78 is 0. The van der Waals surface area contributed by atoms with Gasteiger partial charge in [-0.15, -0.1) is 0 Å². The van der Waals surface area contributed by atoms with Crippen LogP contribution in [0.5, 0.6) is 0 Å². The summed E-state index contributed by atoms with van der Waals surface area (Å²) in [4.78, 5) is 0. The van der Waals surface area contributed by atoms with Crippen LogP contribution in [-0.2, 0) is 0 Å². The molecule has 0 aliphatic rings. The predicted octanol–water partition coefficient (Wildman–Crippen LogP) is 0.911. The molecule has 0 bridgehead atoms. The number of nitriles is 1. The average Bonchev–Trinajstić information content (AvgIpc) is 1.84. The second kappa shape index (κ2) is 4.91. The van der Waals surface area contributed by atoms with Crippen molar-refractivity contribution in [3.63, 3.8) is 0 Å². The van der Waals surface area contributed by atoms with Crippen molar-refractivity contribution >= 4 is 0 Å². The van der Waals surface area contributed by atoms with E-state index in [9.17, 15) is 0 Å². The number of nitrogens with zero attached hydrogens (tertiary/aromatic N) is 1. The molecule has 3 nitrogen and oxygen atoms in total. The maximum Gasteiger partial charge on any atom is 0.0908 e. The van der Waals surface area contributed by atoms with E-state index in [-0.39, 0.29) is 11.6 Å². The van der Waals surface area contributed by atoms with E-state index in [1.165, 1.54) is 6.08 Å². The number of hydrogen-bond donors (Lipinski definition) is 2. The SMILES string of the molecule is CC(C)(N)CC(N)CC=CC#N. The lowest BCUT2D eigenvalue weighted by Crippen LogP contribution is -2.39. The van der Waals surface area contributed by atoms with Crippen LogP contribution in [0.3, 0.4) is 0 Å². The number of rotatable bonds is 4. The molecule has 12 heavy (non-hydrogen) atoms. The van der Waals surface area contributed by atoms with Crippen LogP contribution in [0.4, 0.5) is 0 Å². The molecule has 1 unspecified atom stereocenters. The van der Waals surface area contributed by atoms with Crippen molar-refractivity contribution in [3.8, 4) is 6.07 Å². The van der Waals surface area contributed by atoms with E-state index in [0.29, 0.717) is 6.42 Å². The van der Waals surface area contributed by atoms with Gasteiger partial charge in [0.05, 0.1) is 6.07 Å². The monoisotopic (exact) mass is 167 g/mol. The van der Waals surface area contributed by atoms with Crippen molar-refractivity contribution in [1.82, 2.24) is 0 Å². The van der Waals surface area contributed by atoms with Gasteiger partial charge < -0.3 is 11.5 Å². The van der Waals surface area contributed by atoms with Crippen LogP contribution < -0.4 is 11.5 Å². The molecule has 0 saturated carbocycles. The maximum absolute atomic E-state index is 8.21. The summed E-state index contributed by atoms with van der Waals surface area (Å²) >= 11 is 0. The Morgan fingerprint density at radius 3 is 2.58 bits per heavy atom. The molecule has 0 rings (SSSR count). The van der Waals surface area contributed by atoms with Gasteiger partial charge in [0.15, 0.2) is 0 Å². The van der Waals surface area contributed by atoms with Gasteiger partial charge in [0.25, 0.3) is 0 Å². The Morgan fingerprint density at radius 1 is 1.58 bits per heavy atom. The van der Waals surface area contributed by atoms with Crippen LogP contribution >= 0.6 is 0 Å². The van der Waals surface area contributed by atoms with Crippen molar-refractivity contribution in [2.45, 2.75) is 38.3 Å². The topological polar surface area (TPSA) is 75.8 Å². The van der Waals surface area contributed by atoms with Gasteiger partial charge in [-0.3, -0.25) is 0 Å². The molecule has 0 heterocycles. The lowest BCUT2D eigenvalue weighted by atomic mass is 9.95. The first kappa shape index (κ1) is 11.2. The zero-order valence-corrected chi connectivity index (χ0v) is 7.75. The van der Waals surface area contributed by atoms with Gasteiger partial charge in [0, 0.05) is 17.7 Å². The van der Waals surface area contributed by atoms with E-state index in [2.05, 4.69) is 0 Å². The highest BCUT2D eigenvalue weighted by Crippen LogP contribution is 2.08. The summed E-state index contributed by atoms with van der Waals surface area (Å²) in [5.41, 5.74) is 11.3. The number of hydrogen-bond acceptors (Lipinski definition) is 3. The van der Waals surface area contributed by atoms with Crippen LogP contribution in [0, 0.1) is 11.3 Å². The molecule has 0 aromatic rings. The predicted molar refractivity (Wildman–Crippen MR) is 50.2 cm³/mol. The molecule has 1 atom stereocenters. The van der Waals surface area contributed by atoms with Gasteiger partial charge in [-0.1, -0.05) is 6.08 Å². The molecular formula is C9H17N3. The molecule has 68 valence electrons. The van der Waals surface area contributed by atoms with Crippen molar-refractivity contribution < 1.29 is 0 Å². The van der Waals surface area contributed by atoms with Crippen molar-refractivity contribution in [2.75, 3.05) is 0 Å². The summed E-state index contributed by atoms with van der Waals surface area (Å²) in [5.74, 6) is 0. The first-order chi connectivity index (χ1) is 5.45. The second-order valence-corrected chi connectivity index (χ2v) is 3.72. The molecule has 0 aliphatic carbocycles. The Kier molecular flexibility index (Phi) is 4.57. The molecule has 0 saturated heterocycles. The fourth-order valence-corrected chi connectivity index (χ4v) is 1.05. The minimum Gasteiger partial charge on any atom is -0.327 e. The zero-order chi connectivity index (χ0) is 9.61. The highest BCUT2D eigenvalue weighted by Gasteiger charge is 2.14. The van der Waals surface area contributed by atoms with Gasteiger partial charge in [-0.2, -0.15) is 5.26 Å². The van der Waals surface area contributed by atoms with E-state index in [0.717, 1.165) is 6.42 Å². The molecular weight excluding hydrogens is 150 g/mol. The normalized spacial score (nSPS) is 14.6. The Balaban J connectivity index is 3.69. The Hall–Kier alpha value is -0.850. The van der Waals surface area contributed by atoms with Gasteiger partial charge in [0.1, 0.15) is 0 Å². The quantitative estimate of drug-likeness (QED) is 0.611. The van der Waals surface area contributed by atoms with Gasteiger partial charge in [-0.25, -0.2) is 0 Å². The molecule has 4 N–H and O–H groups in total. The highest BCUT2D eigenvalue weighted by molar-refractivity contribution is 5.02. The van der Waals surface area contributed by atoms with Crippen LogP contribution in [0.15, 0.2) is 12.2 Å². The molecule has 0 fully saturated rings. The third-order valence-electron chi connectivity index (χ3n) is 1.42. The molecule has 0 aromatic heterocycles. The first-order valence-corrected chi connectivity index (χ1v) is 4.05. The van der Waals surface area contributed by atoms with Crippen molar-refractivity contribution in [3.05, 3.63) is 12.2 Å². The largest absolute Gasteiger partial charge is 0.327 e. The third-order valence-corrected chi connectivity index (χ3v) is 1.42. The fraction of sp³-hybridized carbons (Fsp3) is 0.667. The number of allylic oxidation sites excluding steroid dienone is 1. The van der Waals surface area contributed by atoms with Crippen molar-refractivity contribution in [1.29, 1.82) is 5.26 Å². The molecule has 0 spiro atoms. The highest BCUT2D eigenvalue weighted by atomic mass is 14.7. The van der Waals surface area contributed by atoms with E-state index < -0.39 is 0 Å². The Morgan fingerprint density at radius 2 is 2.17 bits per heavy atom. The lowest BCUT2D eigenvalue weighted by molar-refractivity contribution is 0.423. The summed E-state index contributed by atoms with van der Waals surface area (Å²) in [6, 6.07) is 1.97. The third kappa shape index (κ3) is 7.26. The van der Waals surface area contributed by atoms with Gasteiger partial charge in [-0.05, 0) is 26.7 Å². The van der Waals surface area contributed by atoms with E-state index >= 15 is 0 Å². The van der Waals surface area contributed by atoms with Gasteiger partial charge in [0.2, 0.25) is 0 Å². The number of nitrogens with two attached hydrogens (primary N) is 2. The molecule has 3 heteroatoms. The fourth-order valence-electron chi connectivity index (χ4n) is 1.05. The van der Waals surface area contributed by atoms with Crippen LogP contribution in [0.25, 0.3) is 0 Å². The smallest absolute Gasteiger partial charge is 0.0908 e. The van der Waals surface area contributed by atoms with E-state index in [1.54, 1.807) is 6.08 Å². The van der Waals surface area contributed by atoms with Gasteiger partial charge >= 0.3 is 0 Å². The Bertz CT molecular complexity index is 183. The maximum atomic E-state index is 8.21. The Labute approximate surface area is 74.0 Å². The summed E-state index contributed by atoms with van der Waals surface area (Å²) in [6.45, 7) is 3.89. The molecule has 0 aliphatic heterocycles. The standard InChI is InChI=1S/C9H17N3/c1-9(2,12)7-8(11)5-3-4-6-10/h3-4,8H,5,7,11-12H2,1-2H3. The second-order valence-electron chi connectivity index (χ2n) is 3.72.